The van der Waals surface area contributed by atoms with Crippen LogP contribution < -0.4 is 0 Å². The second-order valence-corrected chi connectivity index (χ2v) is 3.84. The Kier molecular flexibility index (Phi) is 3.83. The van der Waals surface area contributed by atoms with E-state index < -0.39 is 5.60 Å². The molecule has 0 spiro atoms. The summed E-state index contributed by atoms with van der Waals surface area (Å²) in [6.45, 7) is 3.82. The SMILES string of the molecule is CCC(O)(COC)c1cc(C)cc(F)c1. The van der Waals surface area contributed by atoms with Gasteiger partial charge >= 0.3 is 0 Å². The van der Waals surface area contributed by atoms with Crippen LogP contribution in [0.1, 0.15) is 24.5 Å². The average Bonchev–Trinajstić information content (AvgIpc) is 2.16. The van der Waals surface area contributed by atoms with E-state index in [0.717, 1.165) is 5.56 Å². The topological polar surface area (TPSA) is 29.5 Å². The summed E-state index contributed by atoms with van der Waals surface area (Å²) in [7, 11) is 1.52. The van der Waals surface area contributed by atoms with E-state index in [-0.39, 0.29) is 12.4 Å². The minimum absolute atomic E-state index is 0.173. The fourth-order valence-electron chi connectivity index (χ4n) is 1.63. The first-order valence-corrected chi connectivity index (χ1v) is 5.01. The second-order valence-electron chi connectivity index (χ2n) is 3.84. The van der Waals surface area contributed by atoms with Gasteiger partial charge < -0.3 is 9.84 Å². The molecule has 1 unspecified atom stereocenters. The fourth-order valence-corrected chi connectivity index (χ4v) is 1.63. The standard InChI is InChI=1S/C12H17FO2/c1-4-12(14,8-15-3)10-5-9(2)6-11(13)7-10/h5-7,14H,4,8H2,1-3H3. The van der Waals surface area contributed by atoms with Crippen LogP contribution >= 0.6 is 0 Å². The predicted molar refractivity (Wildman–Crippen MR) is 57.2 cm³/mol. The first-order valence-electron chi connectivity index (χ1n) is 5.01. The first-order chi connectivity index (χ1) is 7.01. The number of benzene rings is 1. The Morgan fingerprint density at radius 1 is 1.40 bits per heavy atom. The molecule has 0 aromatic heterocycles. The summed E-state index contributed by atoms with van der Waals surface area (Å²) in [5.41, 5.74) is 0.277. The minimum Gasteiger partial charge on any atom is -0.383 e. The van der Waals surface area contributed by atoms with Crippen LogP contribution in [0.15, 0.2) is 18.2 Å². The number of ether oxygens (including phenoxy) is 1. The molecule has 0 radical (unpaired) electrons. The summed E-state index contributed by atoms with van der Waals surface area (Å²) in [6, 6.07) is 4.58. The van der Waals surface area contributed by atoms with Crippen molar-refractivity contribution < 1.29 is 14.2 Å². The van der Waals surface area contributed by atoms with Crippen molar-refractivity contribution >= 4 is 0 Å². The van der Waals surface area contributed by atoms with Crippen LogP contribution in [0.3, 0.4) is 0 Å². The molecule has 0 saturated carbocycles. The molecule has 1 aromatic carbocycles. The highest BCUT2D eigenvalue weighted by Crippen LogP contribution is 2.26. The van der Waals surface area contributed by atoms with E-state index in [1.165, 1.54) is 19.2 Å². The minimum atomic E-state index is -1.10. The van der Waals surface area contributed by atoms with Crippen molar-refractivity contribution in [2.24, 2.45) is 0 Å². The third-order valence-corrected chi connectivity index (χ3v) is 2.55. The maximum absolute atomic E-state index is 13.2. The number of methoxy groups -OCH3 is 1. The Bertz CT molecular complexity index is 318. The highest BCUT2D eigenvalue weighted by Gasteiger charge is 2.27. The monoisotopic (exact) mass is 212 g/mol. The summed E-state index contributed by atoms with van der Waals surface area (Å²) >= 11 is 0. The highest BCUT2D eigenvalue weighted by molar-refractivity contribution is 5.28. The van der Waals surface area contributed by atoms with Crippen molar-refractivity contribution in [2.75, 3.05) is 13.7 Å². The van der Waals surface area contributed by atoms with E-state index in [2.05, 4.69) is 0 Å². The average molecular weight is 212 g/mol. The van der Waals surface area contributed by atoms with Gasteiger partial charge in [0.25, 0.3) is 0 Å². The molecule has 0 aliphatic rings. The zero-order valence-electron chi connectivity index (χ0n) is 9.38. The smallest absolute Gasteiger partial charge is 0.123 e. The number of rotatable bonds is 4. The largest absolute Gasteiger partial charge is 0.383 e. The summed E-state index contributed by atoms with van der Waals surface area (Å²) < 4.78 is 18.1. The zero-order chi connectivity index (χ0) is 11.5. The lowest BCUT2D eigenvalue weighted by Crippen LogP contribution is -2.30. The maximum Gasteiger partial charge on any atom is 0.123 e. The van der Waals surface area contributed by atoms with Gasteiger partial charge in [0, 0.05) is 7.11 Å². The Labute approximate surface area is 89.7 Å². The van der Waals surface area contributed by atoms with E-state index in [1.54, 1.807) is 13.0 Å². The Balaban J connectivity index is 3.11. The van der Waals surface area contributed by atoms with Crippen molar-refractivity contribution in [3.05, 3.63) is 35.1 Å². The Morgan fingerprint density at radius 2 is 2.07 bits per heavy atom. The molecule has 3 heteroatoms. The van der Waals surface area contributed by atoms with Crippen LogP contribution in [0.4, 0.5) is 4.39 Å². The molecule has 0 amide bonds. The number of halogens is 1. The van der Waals surface area contributed by atoms with Crippen LogP contribution in [-0.4, -0.2) is 18.8 Å². The molecule has 1 rings (SSSR count). The summed E-state index contributed by atoms with van der Waals surface area (Å²) in [5, 5.41) is 10.2. The van der Waals surface area contributed by atoms with E-state index in [1.807, 2.05) is 6.92 Å². The molecule has 1 atom stereocenters. The van der Waals surface area contributed by atoms with Gasteiger partial charge in [-0.05, 0) is 36.6 Å². The molecular weight excluding hydrogens is 195 g/mol. The Morgan fingerprint density at radius 3 is 2.53 bits per heavy atom. The molecule has 84 valence electrons. The number of hydrogen-bond donors (Lipinski definition) is 1. The summed E-state index contributed by atoms with van der Waals surface area (Å²) in [5.74, 6) is -0.326. The highest BCUT2D eigenvalue weighted by atomic mass is 19.1. The van der Waals surface area contributed by atoms with Crippen LogP contribution in [0, 0.1) is 12.7 Å². The van der Waals surface area contributed by atoms with Gasteiger partial charge in [-0.1, -0.05) is 13.0 Å². The summed E-state index contributed by atoms with van der Waals surface area (Å²) in [6.07, 6.45) is 0.490. The van der Waals surface area contributed by atoms with Crippen molar-refractivity contribution in [2.45, 2.75) is 25.9 Å². The number of hydrogen-bond acceptors (Lipinski definition) is 2. The van der Waals surface area contributed by atoms with Gasteiger partial charge in [0.05, 0.1) is 6.61 Å². The molecule has 1 aromatic rings. The lowest BCUT2D eigenvalue weighted by molar-refractivity contribution is -0.0388. The summed E-state index contributed by atoms with van der Waals surface area (Å²) in [4.78, 5) is 0. The quantitative estimate of drug-likeness (QED) is 0.830. The lowest BCUT2D eigenvalue weighted by atomic mass is 9.91. The molecule has 0 aliphatic carbocycles. The zero-order valence-corrected chi connectivity index (χ0v) is 9.38. The second kappa shape index (κ2) is 4.73. The third-order valence-electron chi connectivity index (χ3n) is 2.55. The van der Waals surface area contributed by atoms with Crippen LogP contribution in [-0.2, 0) is 10.3 Å². The molecule has 15 heavy (non-hydrogen) atoms. The maximum atomic E-state index is 13.2. The third kappa shape index (κ3) is 2.76. The molecular formula is C12H17FO2. The molecule has 1 N–H and O–H groups in total. The first kappa shape index (κ1) is 12.1. The van der Waals surface area contributed by atoms with Crippen LogP contribution in [0.25, 0.3) is 0 Å². The molecule has 0 heterocycles. The van der Waals surface area contributed by atoms with Crippen molar-refractivity contribution in [3.63, 3.8) is 0 Å². The van der Waals surface area contributed by atoms with Gasteiger partial charge in [-0.2, -0.15) is 0 Å². The molecule has 2 nitrogen and oxygen atoms in total. The van der Waals surface area contributed by atoms with E-state index >= 15 is 0 Å². The number of aliphatic hydroxyl groups is 1. The van der Waals surface area contributed by atoms with Crippen LogP contribution in [0.5, 0.6) is 0 Å². The van der Waals surface area contributed by atoms with Crippen LogP contribution in [0.2, 0.25) is 0 Å². The fraction of sp³-hybridized carbons (Fsp3) is 0.500. The molecule has 0 aliphatic heterocycles. The predicted octanol–water partition coefficient (Wildman–Crippen LogP) is 2.38. The van der Waals surface area contributed by atoms with Gasteiger partial charge in [0.15, 0.2) is 0 Å². The van der Waals surface area contributed by atoms with E-state index in [9.17, 15) is 9.50 Å². The number of aryl methyl sites for hydroxylation is 1. The van der Waals surface area contributed by atoms with Crippen molar-refractivity contribution in [1.29, 1.82) is 0 Å². The molecule has 0 fully saturated rings. The van der Waals surface area contributed by atoms with Crippen molar-refractivity contribution in [1.82, 2.24) is 0 Å². The van der Waals surface area contributed by atoms with Gasteiger partial charge in [-0.3, -0.25) is 0 Å². The Hall–Kier alpha value is -0.930. The van der Waals surface area contributed by atoms with Crippen molar-refractivity contribution in [3.8, 4) is 0 Å². The lowest BCUT2D eigenvalue weighted by Gasteiger charge is -2.26. The van der Waals surface area contributed by atoms with Gasteiger partial charge in [-0.15, -0.1) is 0 Å². The van der Waals surface area contributed by atoms with Gasteiger partial charge in [0.2, 0.25) is 0 Å². The van der Waals surface area contributed by atoms with Gasteiger partial charge in [0.1, 0.15) is 11.4 Å². The normalized spacial score (nSPS) is 15.0. The molecule has 0 bridgehead atoms. The van der Waals surface area contributed by atoms with E-state index in [4.69, 9.17) is 4.74 Å². The van der Waals surface area contributed by atoms with Gasteiger partial charge in [-0.25, -0.2) is 4.39 Å². The van der Waals surface area contributed by atoms with E-state index in [0.29, 0.717) is 12.0 Å². The molecule has 0 saturated heterocycles.